The van der Waals surface area contributed by atoms with Crippen molar-refractivity contribution < 1.29 is 0 Å². The summed E-state index contributed by atoms with van der Waals surface area (Å²) in [4.78, 5) is 1.38. The zero-order valence-corrected chi connectivity index (χ0v) is 11.2. The molecule has 0 saturated heterocycles. The van der Waals surface area contributed by atoms with E-state index in [9.17, 15) is 0 Å². The van der Waals surface area contributed by atoms with Crippen molar-refractivity contribution in [2.75, 3.05) is 6.54 Å². The Balaban J connectivity index is 1.63. The van der Waals surface area contributed by atoms with Crippen molar-refractivity contribution in [3.05, 3.63) is 20.8 Å². The maximum absolute atomic E-state index is 6.14. The smallest absolute Gasteiger partial charge is 0.0701 e. The standard InChI is InChI=1S/C11H17BrN2S/c12-10-3-2-9(15-10)8-14-7-6-11(13)4-1-5-11/h2-3,14H,1,4-8,13H2. The van der Waals surface area contributed by atoms with Gasteiger partial charge in [-0.1, -0.05) is 0 Å². The van der Waals surface area contributed by atoms with Gasteiger partial charge in [0.1, 0.15) is 0 Å². The van der Waals surface area contributed by atoms with E-state index in [-0.39, 0.29) is 5.54 Å². The maximum atomic E-state index is 6.14. The molecule has 1 aliphatic rings. The molecule has 0 unspecified atom stereocenters. The molecule has 1 saturated carbocycles. The number of hydrogen-bond acceptors (Lipinski definition) is 3. The first-order chi connectivity index (χ1) is 7.18. The summed E-state index contributed by atoms with van der Waals surface area (Å²) < 4.78 is 1.20. The van der Waals surface area contributed by atoms with Gasteiger partial charge in [-0.05, 0) is 60.3 Å². The van der Waals surface area contributed by atoms with Crippen molar-refractivity contribution in [1.29, 1.82) is 0 Å². The molecule has 0 aromatic carbocycles. The molecule has 1 aliphatic carbocycles. The molecular formula is C11H17BrN2S. The van der Waals surface area contributed by atoms with Crippen molar-refractivity contribution in [2.45, 2.75) is 37.8 Å². The second-order valence-electron chi connectivity index (χ2n) is 4.35. The van der Waals surface area contributed by atoms with Crippen molar-refractivity contribution in [1.82, 2.24) is 5.32 Å². The second-order valence-corrected chi connectivity index (χ2v) is 6.90. The molecular weight excluding hydrogens is 272 g/mol. The maximum Gasteiger partial charge on any atom is 0.0701 e. The highest BCUT2D eigenvalue weighted by atomic mass is 79.9. The van der Waals surface area contributed by atoms with Crippen LogP contribution in [-0.4, -0.2) is 12.1 Å². The van der Waals surface area contributed by atoms with Gasteiger partial charge in [-0.3, -0.25) is 0 Å². The summed E-state index contributed by atoms with van der Waals surface area (Å²) in [6, 6.07) is 4.25. The van der Waals surface area contributed by atoms with Gasteiger partial charge in [-0.25, -0.2) is 0 Å². The summed E-state index contributed by atoms with van der Waals surface area (Å²) in [5, 5.41) is 3.45. The van der Waals surface area contributed by atoms with Gasteiger partial charge in [0.25, 0.3) is 0 Å². The fraction of sp³-hybridized carbons (Fsp3) is 0.636. The van der Waals surface area contributed by atoms with Gasteiger partial charge in [0.2, 0.25) is 0 Å². The van der Waals surface area contributed by atoms with Crippen LogP contribution < -0.4 is 11.1 Å². The van der Waals surface area contributed by atoms with Crippen molar-refractivity contribution in [3.8, 4) is 0 Å². The molecule has 0 spiro atoms. The summed E-state index contributed by atoms with van der Waals surface area (Å²) in [5.41, 5.74) is 6.30. The SMILES string of the molecule is NC1(CCNCc2ccc(Br)s2)CCC1. The number of rotatable bonds is 5. The lowest BCUT2D eigenvalue weighted by atomic mass is 9.75. The first-order valence-electron chi connectivity index (χ1n) is 5.42. The first-order valence-corrected chi connectivity index (χ1v) is 7.03. The molecule has 0 bridgehead atoms. The first kappa shape index (κ1) is 11.6. The molecule has 84 valence electrons. The molecule has 15 heavy (non-hydrogen) atoms. The van der Waals surface area contributed by atoms with Crippen LogP contribution in [0.2, 0.25) is 0 Å². The van der Waals surface area contributed by atoms with Gasteiger partial charge in [0, 0.05) is 17.0 Å². The van der Waals surface area contributed by atoms with E-state index in [2.05, 4.69) is 33.4 Å². The van der Waals surface area contributed by atoms with E-state index < -0.39 is 0 Å². The van der Waals surface area contributed by atoms with Crippen LogP contribution in [0.15, 0.2) is 15.9 Å². The number of hydrogen-bond donors (Lipinski definition) is 2. The third-order valence-corrected chi connectivity index (χ3v) is 4.70. The van der Waals surface area contributed by atoms with E-state index >= 15 is 0 Å². The van der Waals surface area contributed by atoms with E-state index in [4.69, 9.17) is 5.73 Å². The van der Waals surface area contributed by atoms with Gasteiger partial charge in [-0.2, -0.15) is 0 Å². The van der Waals surface area contributed by atoms with E-state index in [1.807, 2.05) is 0 Å². The van der Waals surface area contributed by atoms with Crippen molar-refractivity contribution >= 4 is 27.3 Å². The number of nitrogens with one attached hydrogen (secondary N) is 1. The molecule has 1 heterocycles. The Bertz CT molecular complexity index is 320. The van der Waals surface area contributed by atoms with Gasteiger partial charge < -0.3 is 11.1 Å². The molecule has 1 fully saturated rings. The van der Waals surface area contributed by atoms with Crippen LogP contribution in [0.25, 0.3) is 0 Å². The Morgan fingerprint density at radius 2 is 2.27 bits per heavy atom. The molecule has 3 N–H and O–H groups in total. The zero-order valence-electron chi connectivity index (χ0n) is 8.76. The minimum Gasteiger partial charge on any atom is -0.325 e. The molecule has 1 aromatic rings. The molecule has 0 amide bonds. The third-order valence-electron chi connectivity index (χ3n) is 3.08. The highest BCUT2D eigenvalue weighted by Gasteiger charge is 2.31. The van der Waals surface area contributed by atoms with Crippen molar-refractivity contribution in [3.63, 3.8) is 0 Å². The summed E-state index contributed by atoms with van der Waals surface area (Å²) in [6.45, 7) is 2.00. The Morgan fingerprint density at radius 3 is 2.80 bits per heavy atom. The lowest BCUT2D eigenvalue weighted by molar-refractivity contribution is 0.229. The van der Waals surface area contributed by atoms with Crippen LogP contribution >= 0.6 is 27.3 Å². The summed E-state index contributed by atoms with van der Waals surface area (Å²) in [6.07, 6.45) is 4.84. The van der Waals surface area contributed by atoms with Crippen LogP contribution in [-0.2, 0) is 6.54 Å². The van der Waals surface area contributed by atoms with Gasteiger partial charge in [0.15, 0.2) is 0 Å². The van der Waals surface area contributed by atoms with E-state index in [0.717, 1.165) is 19.5 Å². The molecule has 2 rings (SSSR count). The van der Waals surface area contributed by atoms with Crippen LogP contribution in [0.1, 0.15) is 30.6 Å². The number of halogens is 1. The lowest BCUT2D eigenvalue weighted by Crippen LogP contribution is -2.48. The van der Waals surface area contributed by atoms with Crippen LogP contribution in [0, 0.1) is 0 Å². The van der Waals surface area contributed by atoms with E-state index in [1.165, 1.54) is 27.9 Å². The number of thiophene rings is 1. The Labute approximate surface area is 103 Å². The molecule has 1 aromatic heterocycles. The van der Waals surface area contributed by atoms with Crippen molar-refractivity contribution in [2.24, 2.45) is 5.73 Å². The summed E-state index contributed by atoms with van der Waals surface area (Å²) in [7, 11) is 0. The minimum atomic E-state index is 0.156. The molecule has 0 radical (unpaired) electrons. The predicted molar refractivity (Wildman–Crippen MR) is 69.1 cm³/mol. The monoisotopic (exact) mass is 288 g/mol. The quantitative estimate of drug-likeness (QED) is 0.818. The van der Waals surface area contributed by atoms with Gasteiger partial charge in [-0.15, -0.1) is 11.3 Å². The largest absolute Gasteiger partial charge is 0.325 e. The molecule has 2 nitrogen and oxygen atoms in total. The molecule has 4 heteroatoms. The predicted octanol–water partition coefficient (Wildman–Crippen LogP) is 2.87. The highest BCUT2D eigenvalue weighted by Crippen LogP contribution is 2.31. The molecule has 0 atom stereocenters. The highest BCUT2D eigenvalue weighted by molar-refractivity contribution is 9.11. The topological polar surface area (TPSA) is 38.0 Å². The van der Waals surface area contributed by atoms with Crippen LogP contribution in [0.4, 0.5) is 0 Å². The van der Waals surface area contributed by atoms with Crippen LogP contribution in [0.3, 0.4) is 0 Å². The fourth-order valence-corrected chi connectivity index (χ4v) is 3.33. The third kappa shape index (κ3) is 3.28. The molecule has 0 aliphatic heterocycles. The summed E-state index contributed by atoms with van der Waals surface area (Å²) >= 11 is 5.25. The normalized spacial score (nSPS) is 18.8. The van der Waals surface area contributed by atoms with E-state index in [0.29, 0.717) is 0 Å². The Hall–Kier alpha value is 0.1000. The van der Waals surface area contributed by atoms with Crippen LogP contribution in [0.5, 0.6) is 0 Å². The second kappa shape index (κ2) is 4.95. The summed E-state index contributed by atoms with van der Waals surface area (Å²) in [5.74, 6) is 0. The average molecular weight is 289 g/mol. The minimum absolute atomic E-state index is 0.156. The number of nitrogens with two attached hydrogens (primary N) is 1. The van der Waals surface area contributed by atoms with Gasteiger partial charge >= 0.3 is 0 Å². The Kier molecular flexibility index (Phi) is 3.83. The average Bonchev–Trinajstić information content (AvgIpc) is 2.56. The van der Waals surface area contributed by atoms with Gasteiger partial charge in [0.05, 0.1) is 3.79 Å². The lowest BCUT2D eigenvalue weighted by Gasteiger charge is -2.38. The zero-order chi connectivity index (χ0) is 10.7. The van der Waals surface area contributed by atoms with E-state index in [1.54, 1.807) is 11.3 Å². The Morgan fingerprint density at radius 1 is 1.47 bits per heavy atom. The fourth-order valence-electron chi connectivity index (χ4n) is 1.88.